The molecular formula is C4H4N2O3. The summed E-state index contributed by atoms with van der Waals surface area (Å²) in [5.41, 5.74) is 0. The highest BCUT2D eigenvalue weighted by Crippen LogP contribution is 1.84. The van der Waals surface area contributed by atoms with Crippen LogP contribution in [0, 0.1) is 23.0 Å². The van der Waals surface area contributed by atoms with Crippen molar-refractivity contribution in [3.63, 3.8) is 0 Å². The van der Waals surface area contributed by atoms with E-state index in [-0.39, 0.29) is 6.61 Å². The van der Waals surface area contributed by atoms with Gasteiger partial charge < -0.3 is 14.6 Å². The van der Waals surface area contributed by atoms with Crippen molar-refractivity contribution in [1.29, 1.82) is 10.5 Å². The fourth-order valence-corrected chi connectivity index (χ4v) is 0.203. The lowest BCUT2D eigenvalue weighted by Gasteiger charge is -2.01. The second-order valence-corrected chi connectivity index (χ2v) is 1.07. The molecule has 5 heteroatoms. The predicted octanol–water partition coefficient (Wildman–Crippen LogP) is -0.700. The quantitative estimate of drug-likeness (QED) is 0.401. The maximum atomic E-state index is 8.46. The van der Waals surface area contributed by atoms with Crippen molar-refractivity contribution in [3.8, 4) is 12.5 Å². The molecule has 9 heavy (non-hydrogen) atoms. The smallest absolute Gasteiger partial charge is 0.289 e. The Kier molecular flexibility index (Phi) is 3.93. The number of hydrogen-bond donors (Lipinski definition) is 1. The van der Waals surface area contributed by atoms with E-state index >= 15 is 0 Å². The zero-order valence-electron chi connectivity index (χ0n) is 4.44. The summed E-state index contributed by atoms with van der Waals surface area (Å²) in [7, 11) is 0. The summed E-state index contributed by atoms with van der Waals surface area (Å²) in [4.78, 5) is 0. The Morgan fingerprint density at radius 3 is 2.56 bits per heavy atom. The molecule has 0 rings (SSSR count). The molecule has 0 amide bonds. The van der Waals surface area contributed by atoms with Crippen LogP contribution >= 0.6 is 0 Å². The van der Waals surface area contributed by atoms with E-state index in [4.69, 9.17) is 15.6 Å². The van der Waals surface area contributed by atoms with Crippen LogP contribution in [0.5, 0.6) is 0 Å². The summed E-state index contributed by atoms with van der Waals surface area (Å²) in [6, 6.07) is 0. The lowest BCUT2D eigenvalue weighted by Crippen LogP contribution is -2.14. The highest BCUT2D eigenvalue weighted by Gasteiger charge is 2.01. The Morgan fingerprint density at radius 1 is 1.44 bits per heavy atom. The fraction of sp³-hybridized carbons (Fsp3) is 0.500. The summed E-state index contributed by atoms with van der Waals surface area (Å²) in [6.07, 6.45) is 1.21. The SMILES string of the molecule is N#COCC(O)OC#N. The van der Waals surface area contributed by atoms with Gasteiger partial charge in [-0.1, -0.05) is 0 Å². The Hall–Kier alpha value is -1.46. The van der Waals surface area contributed by atoms with Crippen LogP contribution in [0.3, 0.4) is 0 Å². The summed E-state index contributed by atoms with van der Waals surface area (Å²) in [5, 5.41) is 24.0. The van der Waals surface area contributed by atoms with Gasteiger partial charge in [0, 0.05) is 0 Å². The second kappa shape index (κ2) is 4.69. The lowest BCUT2D eigenvalue weighted by atomic mass is 10.7. The molecule has 0 spiro atoms. The largest absolute Gasteiger partial charge is 0.421 e. The van der Waals surface area contributed by atoms with E-state index < -0.39 is 6.29 Å². The monoisotopic (exact) mass is 128 g/mol. The van der Waals surface area contributed by atoms with Gasteiger partial charge in [-0.15, -0.1) is 0 Å². The molecule has 0 heterocycles. The number of ether oxygens (including phenoxy) is 2. The zero-order valence-corrected chi connectivity index (χ0v) is 4.44. The van der Waals surface area contributed by atoms with Crippen molar-refractivity contribution in [2.45, 2.75) is 6.29 Å². The van der Waals surface area contributed by atoms with E-state index in [9.17, 15) is 0 Å². The number of nitriles is 2. The summed E-state index contributed by atoms with van der Waals surface area (Å²) in [6.45, 7) is -0.315. The highest BCUT2D eigenvalue weighted by atomic mass is 16.6. The molecule has 0 aromatic carbocycles. The topological polar surface area (TPSA) is 86.3 Å². The molecule has 0 radical (unpaired) electrons. The molecule has 48 valence electrons. The van der Waals surface area contributed by atoms with Crippen LogP contribution in [0.25, 0.3) is 0 Å². The van der Waals surface area contributed by atoms with Gasteiger partial charge in [-0.2, -0.15) is 10.5 Å². The van der Waals surface area contributed by atoms with Crippen LogP contribution in [0.15, 0.2) is 0 Å². The van der Waals surface area contributed by atoms with E-state index in [1.807, 2.05) is 0 Å². The number of nitrogens with zero attached hydrogens (tertiary/aromatic N) is 2. The molecule has 0 fully saturated rings. The van der Waals surface area contributed by atoms with Gasteiger partial charge >= 0.3 is 0 Å². The standard InChI is InChI=1S/C4H4N2O3/c5-2-8-1-4(7)9-3-6/h4,7H,1H2. The minimum absolute atomic E-state index is 0.315. The van der Waals surface area contributed by atoms with Crippen LogP contribution in [0.1, 0.15) is 0 Å². The third-order valence-corrected chi connectivity index (χ3v) is 0.479. The van der Waals surface area contributed by atoms with E-state index in [1.165, 1.54) is 12.5 Å². The zero-order chi connectivity index (χ0) is 7.11. The van der Waals surface area contributed by atoms with Crippen LogP contribution < -0.4 is 0 Å². The number of aliphatic hydroxyl groups is 1. The van der Waals surface area contributed by atoms with E-state index in [2.05, 4.69) is 9.47 Å². The number of rotatable bonds is 3. The first-order chi connectivity index (χ1) is 4.31. The van der Waals surface area contributed by atoms with Crippen molar-refractivity contribution in [3.05, 3.63) is 0 Å². The molecule has 1 atom stereocenters. The van der Waals surface area contributed by atoms with Gasteiger partial charge in [0.2, 0.25) is 6.29 Å². The summed E-state index contributed by atoms with van der Waals surface area (Å²) >= 11 is 0. The highest BCUT2D eigenvalue weighted by molar-refractivity contribution is 4.54. The molecule has 0 bridgehead atoms. The van der Waals surface area contributed by atoms with Crippen molar-refractivity contribution < 1.29 is 14.6 Å². The van der Waals surface area contributed by atoms with Crippen molar-refractivity contribution in [2.24, 2.45) is 0 Å². The van der Waals surface area contributed by atoms with Gasteiger partial charge in [-0.3, -0.25) is 0 Å². The summed E-state index contributed by atoms with van der Waals surface area (Å²) in [5.74, 6) is 0. The van der Waals surface area contributed by atoms with Crippen molar-refractivity contribution >= 4 is 0 Å². The molecule has 1 N–H and O–H groups in total. The van der Waals surface area contributed by atoms with Gasteiger partial charge in [0.05, 0.1) is 0 Å². The van der Waals surface area contributed by atoms with Gasteiger partial charge in [0.1, 0.15) is 0 Å². The number of aliphatic hydroxyl groups excluding tert-OH is 1. The van der Waals surface area contributed by atoms with Crippen molar-refractivity contribution in [2.75, 3.05) is 6.61 Å². The third-order valence-electron chi connectivity index (χ3n) is 0.479. The molecule has 0 aliphatic rings. The first-order valence-electron chi connectivity index (χ1n) is 2.05. The number of hydrogen-bond acceptors (Lipinski definition) is 5. The molecular weight excluding hydrogens is 124 g/mol. The van der Waals surface area contributed by atoms with Gasteiger partial charge in [0.25, 0.3) is 12.5 Å². The minimum Gasteiger partial charge on any atom is -0.421 e. The normalized spacial score (nSPS) is 10.6. The molecule has 0 saturated carbocycles. The Labute approximate surface area is 51.6 Å². The second-order valence-electron chi connectivity index (χ2n) is 1.07. The molecule has 0 aliphatic heterocycles. The Morgan fingerprint density at radius 2 is 2.11 bits per heavy atom. The minimum atomic E-state index is -1.34. The lowest BCUT2D eigenvalue weighted by molar-refractivity contribution is -0.0759. The first-order valence-corrected chi connectivity index (χ1v) is 2.05. The maximum Gasteiger partial charge on any atom is 0.289 e. The Balaban J connectivity index is 3.21. The molecule has 0 aromatic rings. The van der Waals surface area contributed by atoms with Gasteiger partial charge in [-0.05, 0) is 0 Å². The van der Waals surface area contributed by atoms with E-state index in [1.54, 1.807) is 0 Å². The molecule has 0 aromatic heterocycles. The summed E-state index contributed by atoms with van der Waals surface area (Å²) < 4.78 is 7.96. The molecule has 5 nitrogen and oxygen atoms in total. The van der Waals surface area contributed by atoms with E-state index in [0.29, 0.717) is 0 Å². The molecule has 0 aliphatic carbocycles. The van der Waals surface area contributed by atoms with Gasteiger partial charge in [0.15, 0.2) is 6.61 Å². The molecule has 1 unspecified atom stereocenters. The van der Waals surface area contributed by atoms with Crippen LogP contribution in [-0.2, 0) is 9.47 Å². The van der Waals surface area contributed by atoms with Gasteiger partial charge in [-0.25, -0.2) is 0 Å². The average molecular weight is 128 g/mol. The van der Waals surface area contributed by atoms with Crippen LogP contribution in [0.2, 0.25) is 0 Å². The maximum absolute atomic E-state index is 8.46. The first kappa shape index (κ1) is 7.54. The molecule has 0 saturated heterocycles. The fourth-order valence-electron chi connectivity index (χ4n) is 0.203. The third kappa shape index (κ3) is 4.39. The predicted molar refractivity (Wildman–Crippen MR) is 24.3 cm³/mol. The van der Waals surface area contributed by atoms with Crippen molar-refractivity contribution in [1.82, 2.24) is 0 Å². The van der Waals surface area contributed by atoms with E-state index in [0.717, 1.165) is 0 Å². The average Bonchev–Trinajstić information content (AvgIpc) is 1.85. The Bertz CT molecular complexity index is 145. The van der Waals surface area contributed by atoms with Crippen LogP contribution in [0.4, 0.5) is 0 Å². The van der Waals surface area contributed by atoms with Crippen LogP contribution in [-0.4, -0.2) is 18.0 Å².